The second-order valence-electron chi connectivity index (χ2n) is 9.36. The number of thiophene rings is 1. The molecule has 0 N–H and O–H groups in total. The second kappa shape index (κ2) is 10.3. The summed E-state index contributed by atoms with van der Waals surface area (Å²) in [7, 11) is 0. The first kappa shape index (κ1) is 26.4. The molecule has 0 atom stereocenters. The molecule has 0 spiro atoms. The maximum Gasteiger partial charge on any atom is 0.284 e. The largest absolute Gasteiger partial charge is 0.289 e. The maximum absolute atomic E-state index is 12.3. The van der Waals surface area contributed by atoms with Gasteiger partial charge in [0.2, 0.25) is 0 Å². The van der Waals surface area contributed by atoms with E-state index in [4.69, 9.17) is 0 Å². The highest BCUT2D eigenvalue weighted by molar-refractivity contribution is 7.26. The first-order chi connectivity index (χ1) is 20.2. The quantitative estimate of drug-likeness (QED) is 0.151. The van der Waals surface area contributed by atoms with Crippen LogP contribution in [0.15, 0.2) is 103 Å². The molecule has 42 heavy (non-hydrogen) atoms. The van der Waals surface area contributed by atoms with Crippen molar-refractivity contribution < 1.29 is 19.6 Å². The van der Waals surface area contributed by atoms with Crippen molar-refractivity contribution in [3.8, 4) is 22.3 Å². The van der Waals surface area contributed by atoms with Gasteiger partial charge in [0.15, 0.2) is 5.78 Å². The third-order valence-electron chi connectivity index (χ3n) is 6.97. The highest BCUT2D eigenvalue weighted by Crippen LogP contribution is 2.45. The summed E-state index contributed by atoms with van der Waals surface area (Å²) in [5.41, 5.74) is 0.897. The van der Waals surface area contributed by atoms with E-state index in [9.17, 15) is 35.1 Å². The number of nitro benzene ring substituents is 3. The van der Waals surface area contributed by atoms with Crippen LogP contribution in [0.3, 0.4) is 0 Å². The number of hydrogen-bond acceptors (Lipinski definition) is 8. The van der Waals surface area contributed by atoms with E-state index in [0.29, 0.717) is 0 Å². The van der Waals surface area contributed by atoms with E-state index in [1.807, 2.05) is 11.3 Å². The summed E-state index contributed by atoms with van der Waals surface area (Å²) in [4.78, 5) is 42.8. The van der Waals surface area contributed by atoms with Crippen LogP contribution in [0.25, 0.3) is 42.4 Å². The molecule has 11 heteroatoms. The Morgan fingerprint density at radius 2 is 1.21 bits per heavy atom. The van der Waals surface area contributed by atoms with Crippen molar-refractivity contribution in [2.75, 3.05) is 0 Å². The van der Waals surface area contributed by atoms with Gasteiger partial charge < -0.3 is 0 Å². The third kappa shape index (κ3) is 4.43. The Balaban J connectivity index is 0.000000153. The Morgan fingerprint density at radius 3 is 1.93 bits per heavy atom. The van der Waals surface area contributed by atoms with Crippen molar-refractivity contribution in [3.05, 3.63) is 145 Å². The van der Waals surface area contributed by atoms with Crippen molar-refractivity contribution in [3.63, 3.8) is 0 Å². The Bertz CT molecular complexity index is 2110. The fourth-order valence-electron chi connectivity index (χ4n) is 5.11. The van der Waals surface area contributed by atoms with E-state index in [1.165, 1.54) is 37.4 Å². The van der Waals surface area contributed by atoms with Crippen LogP contribution in [-0.2, 0) is 0 Å². The number of benzene rings is 5. The molecule has 204 valence electrons. The fraction of sp³-hybridized carbons (Fsp3) is 0. The van der Waals surface area contributed by atoms with Crippen LogP contribution < -0.4 is 0 Å². The summed E-state index contributed by atoms with van der Waals surface area (Å²) in [6, 6.07) is 30.9. The minimum atomic E-state index is -0.841. The molecular weight excluding hydrogens is 558 g/mol. The SMILES string of the molecule is O=C1c2cc([N+](=O)[O-])ccc2-c2c1cc([N+](=O)[O-])cc2[N+](=O)[O-].c1ccc(-c2cccc3c2sc2ccccc23)cc1. The molecule has 0 amide bonds. The Kier molecular flexibility index (Phi) is 6.48. The van der Waals surface area contributed by atoms with Crippen LogP contribution >= 0.6 is 11.3 Å². The zero-order chi connectivity index (χ0) is 29.5. The first-order valence-electron chi connectivity index (χ1n) is 12.5. The van der Waals surface area contributed by atoms with Gasteiger partial charge in [0, 0.05) is 55.1 Å². The molecule has 0 bridgehead atoms. The van der Waals surface area contributed by atoms with Crippen molar-refractivity contribution in [2.45, 2.75) is 0 Å². The molecule has 1 aliphatic carbocycles. The standard InChI is InChI=1S/C18H12S.C13H5N3O7/c1-2-7-13(8-3-1)14-10-6-11-16-15-9-4-5-12-17(15)19-18(14)16;17-13-9-3-6(14(18)19)1-2-8(9)12-10(13)4-7(15(20)21)5-11(12)16(22)23/h1-12H;1-5H. The van der Waals surface area contributed by atoms with Crippen LogP contribution in [0.1, 0.15) is 15.9 Å². The maximum atomic E-state index is 12.3. The van der Waals surface area contributed by atoms with Crippen molar-refractivity contribution >= 4 is 54.4 Å². The van der Waals surface area contributed by atoms with E-state index < -0.39 is 31.9 Å². The number of rotatable bonds is 4. The van der Waals surface area contributed by atoms with Crippen LogP contribution in [0.4, 0.5) is 17.1 Å². The molecule has 0 fully saturated rings. The highest BCUT2D eigenvalue weighted by atomic mass is 32.1. The number of non-ortho nitro benzene ring substituents is 2. The molecule has 10 nitrogen and oxygen atoms in total. The molecule has 0 unspecified atom stereocenters. The molecule has 1 aromatic heterocycles. The molecule has 6 aromatic rings. The van der Waals surface area contributed by atoms with Gasteiger partial charge in [0.05, 0.1) is 26.4 Å². The van der Waals surface area contributed by atoms with Gasteiger partial charge in [-0.3, -0.25) is 35.1 Å². The van der Waals surface area contributed by atoms with Gasteiger partial charge in [0.1, 0.15) is 0 Å². The summed E-state index contributed by atoms with van der Waals surface area (Å²) in [6.07, 6.45) is 0. The molecule has 5 aromatic carbocycles. The first-order valence-corrected chi connectivity index (χ1v) is 13.3. The number of nitrogens with zero attached hydrogens (tertiary/aromatic N) is 3. The monoisotopic (exact) mass is 575 g/mol. The topological polar surface area (TPSA) is 146 Å². The van der Waals surface area contributed by atoms with Gasteiger partial charge in [-0.05, 0) is 23.3 Å². The zero-order valence-electron chi connectivity index (χ0n) is 21.4. The third-order valence-corrected chi connectivity index (χ3v) is 8.19. The molecule has 0 saturated heterocycles. The van der Waals surface area contributed by atoms with Crippen LogP contribution in [-0.4, -0.2) is 20.6 Å². The van der Waals surface area contributed by atoms with Gasteiger partial charge in [-0.2, -0.15) is 0 Å². The van der Waals surface area contributed by atoms with Crippen molar-refractivity contribution in [2.24, 2.45) is 0 Å². The number of fused-ring (bicyclic) bond motifs is 6. The van der Waals surface area contributed by atoms with Crippen LogP contribution in [0, 0.1) is 30.3 Å². The minimum Gasteiger partial charge on any atom is -0.289 e. The van der Waals surface area contributed by atoms with Crippen molar-refractivity contribution in [1.29, 1.82) is 0 Å². The van der Waals surface area contributed by atoms with Crippen LogP contribution in [0.5, 0.6) is 0 Å². The predicted molar refractivity (Wildman–Crippen MR) is 160 cm³/mol. The smallest absolute Gasteiger partial charge is 0.284 e. The Hall–Kier alpha value is -5.81. The zero-order valence-corrected chi connectivity index (χ0v) is 22.2. The average Bonchev–Trinajstić information content (AvgIpc) is 3.52. The minimum absolute atomic E-state index is 0.0597. The van der Waals surface area contributed by atoms with Gasteiger partial charge in [0.25, 0.3) is 17.1 Å². The molecule has 1 heterocycles. The lowest BCUT2D eigenvalue weighted by atomic mass is 10.0. The van der Waals surface area contributed by atoms with Gasteiger partial charge >= 0.3 is 0 Å². The lowest BCUT2D eigenvalue weighted by Crippen LogP contribution is -2.00. The van der Waals surface area contributed by atoms with E-state index in [-0.39, 0.29) is 27.9 Å². The number of carbonyl (C=O) groups excluding carboxylic acids is 1. The molecule has 1 aliphatic rings. The van der Waals surface area contributed by atoms with Gasteiger partial charge in [-0.15, -0.1) is 11.3 Å². The second-order valence-corrected chi connectivity index (χ2v) is 10.4. The summed E-state index contributed by atoms with van der Waals surface area (Å²) in [5, 5.41) is 35.6. The lowest BCUT2D eigenvalue weighted by Gasteiger charge is -2.02. The molecular formula is C31H17N3O7S. The summed E-state index contributed by atoms with van der Waals surface area (Å²) in [5.74, 6) is -0.717. The summed E-state index contributed by atoms with van der Waals surface area (Å²) in [6.45, 7) is 0. The molecule has 0 radical (unpaired) electrons. The predicted octanol–water partition coefficient (Wildman–Crippen LogP) is 8.34. The number of nitro groups is 3. The Labute approximate surface area is 240 Å². The van der Waals surface area contributed by atoms with Gasteiger partial charge in [-0.25, -0.2) is 0 Å². The van der Waals surface area contributed by atoms with E-state index in [0.717, 1.165) is 24.3 Å². The van der Waals surface area contributed by atoms with E-state index >= 15 is 0 Å². The summed E-state index contributed by atoms with van der Waals surface area (Å²) >= 11 is 1.88. The summed E-state index contributed by atoms with van der Waals surface area (Å²) < 4.78 is 2.75. The number of ketones is 1. The fourth-order valence-corrected chi connectivity index (χ4v) is 6.35. The average molecular weight is 576 g/mol. The van der Waals surface area contributed by atoms with Gasteiger partial charge in [-0.1, -0.05) is 66.7 Å². The Morgan fingerprint density at radius 1 is 0.548 bits per heavy atom. The number of carbonyl (C=O) groups is 1. The van der Waals surface area contributed by atoms with Crippen molar-refractivity contribution in [1.82, 2.24) is 0 Å². The number of hydrogen-bond donors (Lipinski definition) is 0. The molecule has 0 saturated carbocycles. The molecule has 0 aliphatic heterocycles. The molecule has 7 rings (SSSR count). The highest BCUT2D eigenvalue weighted by Gasteiger charge is 2.37. The normalized spacial score (nSPS) is 11.5. The lowest BCUT2D eigenvalue weighted by molar-refractivity contribution is -0.393. The van der Waals surface area contributed by atoms with Crippen LogP contribution in [0.2, 0.25) is 0 Å². The van der Waals surface area contributed by atoms with E-state index in [2.05, 4.69) is 72.8 Å². The van der Waals surface area contributed by atoms with E-state index in [1.54, 1.807) is 0 Å².